The number of thiazole rings is 1. The summed E-state index contributed by atoms with van der Waals surface area (Å²) in [6, 6.07) is 5.66. The van der Waals surface area contributed by atoms with Crippen molar-refractivity contribution in [1.82, 2.24) is 10.3 Å². The van der Waals surface area contributed by atoms with E-state index in [1.807, 2.05) is 23.6 Å². The number of hydrogen-bond donors (Lipinski definition) is 2. The van der Waals surface area contributed by atoms with Gasteiger partial charge in [0.25, 0.3) is 0 Å². The van der Waals surface area contributed by atoms with Crippen LogP contribution in [0, 0.1) is 5.92 Å². The summed E-state index contributed by atoms with van der Waals surface area (Å²) in [5, 5.41) is 8.78. The molecule has 2 N–H and O–H groups in total. The van der Waals surface area contributed by atoms with Crippen LogP contribution in [-0.2, 0) is 4.79 Å². The van der Waals surface area contributed by atoms with Gasteiger partial charge in [0.15, 0.2) is 16.6 Å². The minimum Gasteiger partial charge on any atom is -0.493 e. The lowest BCUT2D eigenvalue weighted by molar-refractivity contribution is -0.116. The minimum absolute atomic E-state index is 0. The summed E-state index contributed by atoms with van der Waals surface area (Å²) in [7, 11) is 3.21. The Morgan fingerprint density at radius 2 is 2.15 bits per heavy atom. The second kappa shape index (κ2) is 9.75. The molecule has 1 aliphatic rings. The average molecular weight is 398 g/mol. The molecule has 1 aromatic carbocycles. The summed E-state index contributed by atoms with van der Waals surface area (Å²) in [6.45, 7) is 2.08. The molecule has 0 saturated carbocycles. The van der Waals surface area contributed by atoms with Gasteiger partial charge in [0.1, 0.15) is 0 Å². The highest BCUT2D eigenvalue weighted by atomic mass is 35.5. The summed E-state index contributed by atoms with van der Waals surface area (Å²) in [5.74, 6) is 1.98. The first-order valence-electron chi connectivity index (χ1n) is 8.38. The van der Waals surface area contributed by atoms with Crippen molar-refractivity contribution >= 4 is 34.8 Å². The summed E-state index contributed by atoms with van der Waals surface area (Å²) in [6.07, 6.45) is 2.62. The van der Waals surface area contributed by atoms with Crippen molar-refractivity contribution in [3.63, 3.8) is 0 Å². The molecule has 6 nitrogen and oxygen atoms in total. The van der Waals surface area contributed by atoms with Crippen molar-refractivity contribution in [3.8, 4) is 22.8 Å². The molecular weight excluding hydrogens is 374 g/mol. The van der Waals surface area contributed by atoms with Gasteiger partial charge in [-0.2, -0.15) is 0 Å². The third kappa shape index (κ3) is 5.09. The zero-order valence-electron chi connectivity index (χ0n) is 14.9. The standard InChI is InChI=1S/C18H23N3O3S.ClH/c1-23-15-5-4-13(9-16(15)24-2)14-11-25-18(20-14)21-17(22)6-3-12-7-8-19-10-12;/h4-5,9,11-12,19H,3,6-8,10H2,1-2H3,(H,20,21,22);1H. The Bertz CT molecular complexity index is 732. The maximum Gasteiger partial charge on any atom is 0.226 e. The molecule has 26 heavy (non-hydrogen) atoms. The van der Waals surface area contributed by atoms with Crippen molar-refractivity contribution in [2.45, 2.75) is 19.3 Å². The first-order valence-corrected chi connectivity index (χ1v) is 9.26. The van der Waals surface area contributed by atoms with Crippen LogP contribution in [0.2, 0.25) is 0 Å². The SMILES string of the molecule is COc1ccc(-c2csc(NC(=O)CCC3CCNC3)n2)cc1OC.Cl. The Labute approximate surface area is 163 Å². The van der Waals surface area contributed by atoms with E-state index in [2.05, 4.69) is 15.6 Å². The van der Waals surface area contributed by atoms with E-state index in [1.54, 1.807) is 14.2 Å². The number of nitrogens with one attached hydrogen (secondary N) is 2. The number of halogens is 1. The van der Waals surface area contributed by atoms with Crippen LogP contribution in [0.25, 0.3) is 11.3 Å². The average Bonchev–Trinajstić information content (AvgIpc) is 3.31. The molecule has 3 rings (SSSR count). The Kier molecular flexibility index (Phi) is 7.68. The van der Waals surface area contributed by atoms with E-state index in [1.165, 1.54) is 11.3 Å². The highest BCUT2D eigenvalue weighted by molar-refractivity contribution is 7.14. The Morgan fingerprint density at radius 1 is 1.35 bits per heavy atom. The maximum atomic E-state index is 12.1. The van der Waals surface area contributed by atoms with E-state index in [9.17, 15) is 4.79 Å². The van der Waals surface area contributed by atoms with Gasteiger partial charge in [-0.25, -0.2) is 4.98 Å². The molecule has 1 saturated heterocycles. The normalized spacial score (nSPS) is 16.0. The number of methoxy groups -OCH3 is 2. The van der Waals surface area contributed by atoms with Crippen LogP contribution < -0.4 is 20.1 Å². The molecule has 2 aromatic rings. The largest absolute Gasteiger partial charge is 0.493 e. The van der Waals surface area contributed by atoms with E-state index in [-0.39, 0.29) is 18.3 Å². The summed E-state index contributed by atoms with van der Waals surface area (Å²) < 4.78 is 10.6. The third-order valence-corrected chi connectivity index (χ3v) is 5.13. The fraction of sp³-hybridized carbons (Fsp3) is 0.444. The van der Waals surface area contributed by atoms with Crippen LogP contribution in [0.1, 0.15) is 19.3 Å². The van der Waals surface area contributed by atoms with Crippen LogP contribution in [0.15, 0.2) is 23.6 Å². The molecule has 0 spiro atoms. The molecular formula is C18H24ClN3O3S. The van der Waals surface area contributed by atoms with Crippen LogP contribution in [0.4, 0.5) is 5.13 Å². The lowest BCUT2D eigenvalue weighted by Gasteiger charge is -2.08. The number of ether oxygens (including phenoxy) is 2. The number of hydrogen-bond acceptors (Lipinski definition) is 6. The smallest absolute Gasteiger partial charge is 0.226 e. The topological polar surface area (TPSA) is 72.5 Å². The van der Waals surface area contributed by atoms with Crippen LogP contribution in [-0.4, -0.2) is 38.2 Å². The number of amides is 1. The zero-order chi connectivity index (χ0) is 17.6. The van der Waals surface area contributed by atoms with E-state index in [0.29, 0.717) is 29.0 Å². The molecule has 0 aliphatic carbocycles. The van der Waals surface area contributed by atoms with E-state index >= 15 is 0 Å². The zero-order valence-corrected chi connectivity index (χ0v) is 16.5. The van der Waals surface area contributed by atoms with Gasteiger partial charge in [0, 0.05) is 17.4 Å². The molecule has 2 heterocycles. The van der Waals surface area contributed by atoms with Crippen molar-refractivity contribution < 1.29 is 14.3 Å². The van der Waals surface area contributed by atoms with E-state index in [0.717, 1.165) is 37.2 Å². The molecule has 1 fully saturated rings. The van der Waals surface area contributed by atoms with Gasteiger partial charge in [0.05, 0.1) is 19.9 Å². The number of carbonyl (C=O) groups is 1. The molecule has 1 aromatic heterocycles. The van der Waals surface area contributed by atoms with Gasteiger partial charge in [-0.05, 0) is 50.0 Å². The molecule has 1 unspecified atom stereocenters. The van der Waals surface area contributed by atoms with Crippen molar-refractivity contribution in [2.24, 2.45) is 5.92 Å². The maximum absolute atomic E-state index is 12.1. The monoisotopic (exact) mass is 397 g/mol. The Hall–Kier alpha value is -1.83. The number of benzene rings is 1. The van der Waals surface area contributed by atoms with Crippen LogP contribution in [0.5, 0.6) is 11.5 Å². The number of nitrogens with zero attached hydrogens (tertiary/aromatic N) is 1. The predicted octanol–water partition coefficient (Wildman–Crippen LogP) is 3.58. The van der Waals surface area contributed by atoms with Crippen molar-refractivity contribution in [3.05, 3.63) is 23.6 Å². The molecule has 1 amide bonds. The lowest BCUT2D eigenvalue weighted by atomic mass is 10.0. The highest BCUT2D eigenvalue weighted by Gasteiger charge is 2.16. The number of anilines is 1. The minimum atomic E-state index is 0. The molecule has 1 atom stereocenters. The molecule has 0 radical (unpaired) electrons. The molecule has 0 bridgehead atoms. The summed E-state index contributed by atoms with van der Waals surface area (Å²) in [4.78, 5) is 16.6. The first kappa shape index (κ1) is 20.5. The molecule has 1 aliphatic heterocycles. The molecule has 8 heteroatoms. The highest BCUT2D eigenvalue weighted by Crippen LogP contribution is 2.33. The summed E-state index contributed by atoms with van der Waals surface area (Å²) >= 11 is 1.43. The van der Waals surface area contributed by atoms with Gasteiger partial charge in [-0.1, -0.05) is 0 Å². The Morgan fingerprint density at radius 3 is 2.85 bits per heavy atom. The van der Waals surface area contributed by atoms with Crippen molar-refractivity contribution in [2.75, 3.05) is 32.6 Å². The number of aromatic nitrogens is 1. The fourth-order valence-corrected chi connectivity index (χ4v) is 3.67. The van der Waals surface area contributed by atoms with E-state index < -0.39 is 0 Å². The first-order chi connectivity index (χ1) is 12.2. The fourth-order valence-electron chi connectivity index (χ4n) is 2.94. The summed E-state index contributed by atoms with van der Waals surface area (Å²) in [5.41, 5.74) is 1.73. The van der Waals surface area contributed by atoms with Gasteiger partial charge in [-0.3, -0.25) is 4.79 Å². The van der Waals surface area contributed by atoms with Crippen LogP contribution in [0.3, 0.4) is 0 Å². The second-order valence-electron chi connectivity index (χ2n) is 6.05. The van der Waals surface area contributed by atoms with Gasteiger partial charge in [-0.15, -0.1) is 23.7 Å². The third-order valence-electron chi connectivity index (χ3n) is 4.37. The quantitative estimate of drug-likeness (QED) is 0.747. The molecule has 142 valence electrons. The van der Waals surface area contributed by atoms with Gasteiger partial charge < -0.3 is 20.1 Å². The lowest BCUT2D eigenvalue weighted by Crippen LogP contribution is -2.14. The number of rotatable bonds is 7. The van der Waals surface area contributed by atoms with Gasteiger partial charge >= 0.3 is 0 Å². The van der Waals surface area contributed by atoms with E-state index in [4.69, 9.17) is 9.47 Å². The number of carbonyl (C=O) groups excluding carboxylic acids is 1. The van der Waals surface area contributed by atoms with Crippen molar-refractivity contribution in [1.29, 1.82) is 0 Å². The second-order valence-corrected chi connectivity index (χ2v) is 6.91. The predicted molar refractivity (Wildman–Crippen MR) is 107 cm³/mol. The van der Waals surface area contributed by atoms with Crippen LogP contribution >= 0.6 is 23.7 Å². The Balaban J connectivity index is 0.00000243. The van der Waals surface area contributed by atoms with Gasteiger partial charge in [0.2, 0.25) is 5.91 Å².